The first-order valence-corrected chi connectivity index (χ1v) is 10.2. The lowest BCUT2D eigenvalue weighted by Crippen LogP contribution is -2.48. The van der Waals surface area contributed by atoms with Gasteiger partial charge in [-0.3, -0.25) is 4.79 Å². The van der Waals surface area contributed by atoms with Crippen molar-refractivity contribution in [3.63, 3.8) is 0 Å². The molecule has 0 unspecified atom stereocenters. The molecule has 1 aromatic heterocycles. The lowest BCUT2D eigenvalue weighted by Gasteiger charge is -2.36. The molecule has 0 bridgehead atoms. The number of carbonyl (C=O) groups is 1. The van der Waals surface area contributed by atoms with Crippen molar-refractivity contribution in [2.75, 3.05) is 31.1 Å². The second kappa shape index (κ2) is 9.09. The van der Waals surface area contributed by atoms with Crippen LogP contribution < -0.4 is 4.90 Å². The van der Waals surface area contributed by atoms with Crippen LogP contribution in [0.1, 0.15) is 18.7 Å². The fourth-order valence-electron chi connectivity index (χ4n) is 3.51. The molecular weight excluding hydrogens is 388 g/mol. The van der Waals surface area contributed by atoms with Crippen LogP contribution in [0.4, 0.5) is 5.69 Å². The number of aryl methyl sites for hydroxylation is 1. The highest BCUT2D eigenvalue weighted by Crippen LogP contribution is 2.26. The first-order chi connectivity index (χ1) is 14.2. The molecule has 4 rings (SSSR count). The number of benzene rings is 2. The van der Waals surface area contributed by atoms with Crippen LogP contribution in [0.15, 0.2) is 59.1 Å². The fourth-order valence-corrected chi connectivity index (χ4v) is 3.77. The third-order valence-electron chi connectivity index (χ3n) is 5.11. The van der Waals surface area contributed by atoms with Crippen molar-refractivity contribution in [1.29, 1.82) is 0 Å². The molecule has 3 aromatic rings. The first kappa shape index (κ1) is 19.5. The van der Waals surface area contributed by atoms with Crippen LogP contribution in [0.3, 0.4) is 0 Å². The molecular formula is C22H23ClN4O2. The predicted molar refractivity (Wildman–Crippen MR) is 113 cm³/mol. The van der Waals surface area contributed by atoms with Crippen molar-refractivity contribution in [2.45, 2.75) is 19.3 Å². The standard InChI is InChI=1S/C22H23ClN4O2/c23-18-9-4-5-10-19(18)26-13-15-27(16-14-26)21(28)12-6-11-20-24-22(25-29-20)17-7-2-1-3-8-17/h1-5,7-10H,6,11-16H2. The third-order valence-corrected chi connectivity index (χ3v) is 5.43. The summed E-state index contributed by atoms with van der Waals surface area (Å²) in [6, 6.07) is 17.6. The Kier molecular flexibility index (Phi) is 6.10. The number of nitrogens with zero attached hydrogens (tertiary/aromatic N) is 4. The minimum atomic E-state index is 0.173. The zero-order valence-corrected chi connectivity index (χ0v) is 16.9. The van der Waals surface area contributed by atoms with Crippen molar-refractivity contribution in [3.05, 3.63) is 65.5 Å². The molecule has 1 fully saturated rings. The van der Waals surface area contributed by atoms with Gasteiger partial charge in [0.1, 0.15) is 0 Å². The number of hydrogen-bond donors (Lipinski definition) is 0. The van der Waals surface area contributed by atoms with Crippen LogP contribution in [0.5, 0.6) is 0 Å². The van der Waals surface area contributed by atoms with E-state index in [0.29, 0.717) is 44.1 Å². The molecule has 2 heterocycles. The molecule has 1 amide bonds. The average molecular weight is 411 g/mol. The maximum absolute atomic E-state index is 12.5. The zero-order chi connectivity index (χ0) is 20.1. The van der Waals surface area contributed by atoms with Crippen molar-refractivity contribution in [2.24, 2.45) is 0 Å². The van der Waals surface area contributed by atoms with E-state index in [0.717, 1.165) is 29.4 Å². The van der Waals surface area contributed by atoms with Crippen LogP contribution in [0, 0.1) is 0 Å². The fraction of sp³-hybridized carbons (Fsp3) is 0.318. The van der Waals surface area contributed by atoms with Crippen molar-refractivity contribution < 1.29 is 9.32 Å². The summed E-state index contributed by atoms with van der Waals surface area (Å²) >= 11 is 6.28. The molecule has 6 nitrogen and oxygen atoms in total. The summed E-state index contributed by atoms with van der Waals surface area (Å²) in [4.78, 5) is 21.1. The van der Waals surface area contributed by atoms with Crippen molar-refractivity contribution in [3.8, 4) is 11.4 Å². The van der Waals surface area contributed by atoms with E-state index in [1.807, 2.05) is 59.5 Å². The Balaban J connectivity index is 1.23. The Morgan fingerprint density at radius 2 is 1.72 bits per heavy atom. The Labute approximate surface area is 175 Å². The molecule has 1 saturated heterocycles. The summed E-state index contributed by atoms with van der Waals surface area (Å²) in [5.74, 6) is 1.33. The van der Waals surface area contributed by atoms with E-state index in [2.05, 4.69) is 15.0 Å². The summed E-state index contributed by atoms with van der Waals surface area (Å²) in [7, 11) is 0. The number of anilines is 1. The molecule has 7 heteroatoms. The molecule has 0 spiro atoms. The minimum absolute atomic E-state index is 0.173. The molecule has 29 heavy (non-hydrogen) atoms. The smallest absolute Gasteiger partial charge is 0.226 e. The average Bonchev–Trinajstić information content (AvgIpc) is 3.24. The number of piperazine rings is 1. The van der Waals surface area contributed by atoms with Gasteiger partial charge in [-0.1, -0.05) is 59.2 Å². The van der Waals surface area contributed by atoms with Gasteiger partial charge in [-0.15, -0.1) is 0 Å². The van der Waals surface area contributed by atoms with Crippen LogP contribution in [0.2, 0.25) is 5.02 Å². The van der Waals surface area contributed by atoms with E-state index in [1.165, 1.54) is 0 Å². The lowest BCUT2D eigenvalue weighted by molar-refractivity contribution is -0.131. The summed E-state index contributed by atoms with van der Waals surface area (Å²) in [5, 5.41) is 4.77. The van der Waals surface area contributed by atoms with Crippen LogP contribution in [0.25, 0.3) is 11.4 Å². The Bertz CT molecular complexity index is 952. The third kappa shape index (κ3) is 4.77. The van der Waals surface area contributed by atoms with Gasteiger partial charge in [0.25, 0.3) is 0 Å². The highest BCUT2D eigenvalue weighted by Gasteiger charge is 2.22. The molecule has 0 atom stereocenters. The van der Waals surface area contributed by atoms with Gasteiger partial charge in [-0.2, -0.15) is 4.98 Å². The molecule has 0 aliphatic carbocycles. The quantitative estimate of drug-likeness (QED) is 0.613. The maximum atomic E-state index is 12.5. The Morgan fingerprint density at radius 1 is 1.00 bits per heavy atom. The second-order valence-electron chi connectivity index (χ2n) is 7.05. The van der Waals surface area contributed by atoms with E-state index in [9.17, 15) is 4.79 Å². The number of carbonyl (C=O) groups excluding carboxylic acids is 1. The number of para-hydroxylation sites is 1. The largest absolute Gasteiger partial charge is 0.367 e. The van der Waals surface area contributed by atoms with Crippen molar-refractivity contribution in [1.82, 2.24) is 15.0 Å². The van der Waals surface area contributed by atoms with Gasteiger partial charge >= 0.3 is 0 Å². The van der Waals surface area contributed by atoms with Crippen LogP contribution in [-0.2, 0) is 11.2 Å². The monoisotopic (exact) mass is 410 g/mol. The highest BCUT2D eigenvalue weighted by molar-refractivity contribution is 6.33. The summed E-state index contributed by atoms with van der Waals surface area (Å²) < 4.78 is 5.32. The number of aromatic nitrogens is 2. The number of amides is 1. The van der Waals surface area contributed by atoms with E-state index >= 15 is 0 Å². The van der Waals surface area contributed by atoms with Gasteiger partial charge < -0.3 is 14.3 Å². The van der Waals surface area contributed by atoms with E-state index in [4.69, 9.17) is 16.1 Å². The number of rotatable bonds is 6. The molecule has 0 radical (unpaired) electrons. The number of halogens is 1. The van der Waals surface area contributed by atoms with Crippen LogP contribution in [-0.4, -0.2) is 47.1 Å². The first-order valence-electron chi connectivity index (χ1n) is 9.86. The summed E-state index contributed by atoms with van der Waals surface area (Å²) in [6.07, 6.45) is 1.78. The van der Waals surface area contributed by atoms with Gasteiger partial charge in [0, 0.05) is 44.6 Å². The predicted octanol–water partition coefficient (Wildman–Crippen LogP) is 4.06. The lowest BCUT2D eigenvalue weighted by atomic mass is 10.2. The Hall–Kier alpha value is -2.86. The Morgan fingerprint density at radius 3 is 2.48 bits per heavy atom. The minimum Gasteiger partial charge on any atom is -0.367 e. The summed E-state index contributed by atoms with van der Waals surface area (Å²) in [6.45, 7) is 3.00. The molecule has 1 aliphatic rings. The SMILES string of the molecule is O=C(CCCc1nc(-c2ccccc2)no1)N1CCN(c2ccccc2Cl)CC1. The van der Waals surface area contributed by atoms with Gasteiger partial charge in [0.15, 0.2) is 0 Å². The summed E-state index contributed by atoms with van der Waals surface area (Å²) in [5.41, 5.74) is 1.96. The topological polar surface area (TPSA) is 62.5 Å². The van der Waals surface area contributed by atoms with E-state index in [-0.39, 0.29) is 5.91 Å². The van der Waals surface area contributed by atoms with Gasteiger partial charge in [0.05, 0.1) is 10.7 Å². The molecule has 150 valence electrons. The molecule has 0 N–H and O–H groups in total. The molecule has 0 saturated carbocycles. The molecule has 2 aromatic carbocycles. The highest BCUT2D eigenvalue weighted by atomic mass is 35.5. The zero-order valence-electron chi connectivity index (χ0n) is 16.1. The maximum Gasteiger partial charge on any atom is 0.226 e. The van der Waals surface area contributed by atoms with Crippen LogP contribution >= 0.6 is 11.6 Å². The van der Waals surface area contributed by atoms with E-state index in [1.54, 1.807) is 0 Å². The molecule has 1 aliphatic heterocycles. The van der Waals surface area contributed by atoms with Gasteiger partial charge in [-0.05, 0) is 18.6 Å². The van der Waals surface area contributed by atoms with Gasteiger partial charge in [-0.25, -0.2) is 0 Å². The number of hydrogen-bond acceptors (Lipinski definition) is 5. The normalized spacial score (nSPS) is 14.2. The van der Waals surface area contributed by atoms with Gasteiger partial charge in [0.2, 0.25) is 17.6 Å². The van der Waals surface area contributed by atoms with E-state index < -0.39 is 0 Å². The second-order valence-corrected chi connectivity index (χ2v) is 7.46. The van der Waals surface area contributed by atoms with Crippen molar-refractivity contribution >= 4 is 23.2 Å².